The Labute approximate surface area is 99.0 Å². The van der Waals surface area contributed by atoms with Crippen molar-refractivity contribution in [3.8, 4) is 0 Å². The number of hydrogen-bond acceptors (Lipinski definition) is 1. The van der Waals surface area contributed by atoms with Crippen LogP contribution in [0, 0.1) is 29.3 Å². The SMILES string of the molecule is CCNC(c1cc(F)c(F)cc1F)C1CC1C. The lowest BCUT2D eigenvalue weighted by atomic mass is 10.00. The molecular weight excluding hydrogens is 227 g/mol. The Balaban J connectivity index is 2.32. The summed E-state index contributed by atoms with van der Waals surface area (Å²) in [6.45, 7) is 4.66. The van der Waals surface area contributed by atoms with Crippen molar-refractivity contribution in [3.05, 3.63) is 35.1 Å². The summed E-state index contributed by atoms with van der Waals surface area (Å²) >= 11 is 0. The molecule has 1 N–H and O–H groups in total. The lowest BCUT2D eigenvalue weighted by Crippen LogP contribution is -2.24. The molecule has 0 amide bonds. The van der Waals surface area contributed by atoms with Gasteiger partial charge in [-0.05, 0) is 30.9 Å². The fourth-order valence-electron chi connectivity index (χ4n) is 2.30. The highest BCUT2D eigenvalue weighted by Gasteiger charge is 2.41. The molecule has 3 unspecified atom stereocenters. The summed E-state index contributed by atoms with van der Waals surface area (Å²) in [5, 5.41) is 3.15. The maximum Gasteiger partial charge on any atom is 0.161 e. The van der Waals surface area contributed by atoms with E-state index in [2.05, 4.69) is 12.2 Å². The minimum absolute atomic E-state index is 0.218. The zero-order chi connectivity index (χ0) is 12.6. The van der Waals surface area contributed by atoms with Crippen LogP contribution in [-0.4, -0.2) is 6.54 Å². The summed E-state index contributed by atoms with van der Waals surface area (Å²) in [7, 11) is 0. The largest absolute Gasteiger partial charge is 0.310 e. The van der Waals surface area contributed by atoms with Crippen LogP contribution in [-0.2, 0) is 0 Å². The molecule has 1 saturated carbocycles. The maximum absolute atomic E-state index is 13.7. The molecule has 0 bridgehead atoms. The smallest absolute Gasteiger partial charge is 0.161 e. The van der Waals surface area contributed by atoms with E-state index in [1.807, 2.05) is 6.92 Å². The second-order valence-corrected chi connectivity index (χ2v) is 4.70. The van der Waals surface area contributed by atoms with Crippen LogP contribution in [0.5, 0.6) is 0 Å². The second-order valence-electron chi connectivity index (χ2n) is 4.70. The number of halogens is 3. The molecule has 0 saturated heterocycles. The van der Waals surface area contributed by atoms with Gasteiger partial charge in [0.05, 0.1) is 0 Å². The van der Waals surface area contributed by atoms with Crippen molar-refractivity contribution in [2.45, 2.75) is 26.3 Å². The zero-order valence-electron chi connectivity index (χ0n) is 9.93. The molecule has 3 atom stereocenters. The zero-order valence-corrected chi connectivity index (χ0v) is 9.93. The molecule has 4 heteroatoms. The monoisotopic (exact) mass is 243 g/mol. The number of rotatable bonds is 4. The molecular formula is C13H16F3N. The van der Waals surface area contributed by atoms with Gasteiger partial charge < -0.3 is 5.32 Å². The van der Waals surface area contributed by atoms with Gasteiger partial charge in [0.1, 0.15) is 5.82 Å². The van der Waals surface area contributed by atoms with E-state index < -0.39 is 17.5 Å². The first-order valence-corrected chi connectivity index (χ1v) is 5.92. The molecule has 1 aromatic rings. The molecule has 17 heavy (non-hydrogen) atoms. The second kappa shape index (κ2) is 4.69. The Hall–Kier alpha value is -1.03. The molecule has 0 aromatic heterocycles. The van der Waals surface area contributed by atoms with Crippen molar-refractivity contribution in [2.24, 2.45) is 11.8 Å². The van der Waals surface area contributed by atoms with Gasteiger partial charge in [0, 0.05) is 17.7 Å². The van der Waals surface area contributed by atoms with Gasteiger partial charge in [-0.25, -0.2) is 13.2 Å². The van der Waals surface area contributed by atoms with E-state index in [-0.39, 0.29) is 11.6 Å². The molecule has 1 fully saturated rings. The van der Waals surface area contributed by atoms with Crippen LogP contribution in [0.3, 0.4) is 0 Å². The Bertz CT molecular complexity index is 419. The average molecular weight is 243 g/mol. The van der Waals surface area contributed by atoms with Crippen molar-refractivity contribution in [3.63, 3.8) is 0 Å². The van der Waals surface area contributed by atoms with E-state index in [1.54, 1.807) is 0 Å². The predicted octanol–water partition coefficient (Wildman–Crippen LogP) is 3.41. The van der Waals surface area contributed by atoms with Crippen LogP contribution in [0.2, 0.25) is 0 Å². The lowest BCUT2D eigenvalue weighted by molar-refractivity contribution is 0.436. The first-order chi connectivity index (χ1) is 8.04. The van der Waals surface area contributed by atoms with Crippen molar-refractivity contribution in [2.75, 3.05) is 6.54 Å². The molecule has 1 nitrogen and oxygen atoms in total. The normalized spacial score (nSPS) is 24.8. The van der Waals surface area contributed by atoms with Crippen molar-refractivity contribution < 1.29 is 13.2 Å². The van der Waals surface area contributed by atoms with Crippen molar-refractivity contribution in [1.29, 1.82) is 0 Å². The van der Waals surface area contributed by atoms with Crippen LogP contribution >= 0.6 is 0 Å². The first-order valence-electron chi connectivity index (χ1n) is 5.92. The van der Waals surface area contributed by atoms with Gasteiger partial charge in [0.15, 0.2) is 11.6 Å². The van der Waals surface area contributed by atoms with Gasteiger partial charge in [0.2, 0.25) is 0 Å². The van der Waals surface area contributed by atoms with Crippen LogP contribution in [0.4, 0.5) is 13.2 Å². The third-order valence-electron chi connectivity index (χ3n) is 3.40. The van der Waals surface area contributed by atoms with Crippen LogP contribution < -0.4 is 5.32 Å². The summed E-state index contributed by atoms with van der Waals surface area (Å²) < 4.78 is 39.7. The standard InChI is InChI=1S/C13H16F3N/c1-3-17-13(8-4-7(8)2)9-5-11(15)12(16)6-10(9)14/h5-8,13,17H,3-4H2,1-2H3. The van der Waals surface area contributed by atoms with Crippen molar-refractivity contribution >= 4 is 0 Å². The predicted molar refractivity (Wildman–Crippen MR) is 60.0 cm³/mol. The number of nitrogens with one attached hydrogen (secondary N) is 1. The summed E-state index contributed by atoms with van der Waals surface area (Å²) in [4.78, 5) is 0. The summed E-state index contributed by atoms with van der Waals surface area (Å²) in [5.74, 6) is -1.97. The fourth-order valence-corrected chi connectivity index (χ4v) is 2.30. The topological polar surface area (TPSA) is 12.0 Å². The van der Waals surface area contributed by atoms with E-state index in [0.29, 0.717) is 24.4 Å². The Morgan fingerprint density at radius 2 is 1.82 bits per heavy atom. The van der Waals surface area contributed by atoms with E-state index >= 15 is 0 Å². The third kappa shape index (κ3) is 2.46. The van der Waals surface area contributed by atoms with Crippen LogP contribution in [0.1, 0.15) is 31.9 Å². The Kier molecular flexibility index (Phi) is 3.43. The molecule has 1 aromatic carbocycles. The molecule has 0 radical (unpaired) electrons. The van der Waals surface area contributed by atoms with Gasteiger partial charge in [0.25, 0.3) is 0 Å². The molecule has 1 aliphatic rings. The highest BCUT2D eigenvalue weighted by Crippen LogP contribution is 2.47. The van der Waals surface area contributed by atoms with Gasteiger partial charge in [-0.1, -0.05) is 13.8 Å². The maximum atomic E-state index is 13.7. The van der Waals surface area contributed by atoms with Crippen LogP contribution in [0.25, 0.3) is 0 Å². The molecule has 0 spiro atoms. The molecule has 1 aliphatic carbocycles. The summed E-state index contributed by atoms with van der Waals surface area (Å²) in [6, 6.07) is 1.38. The van der Waals surface area contributed by atoms with E-state index in [0.717, 1.165) is 12.5 Å². The average Bonchev–Trinajstić information content (AvgIpc) is 2.98. The highest BCUT2D eigenvalue weighted by molar-refractivity contribution is 5.25. The van der Waals surface area contributed by atoms with Gasteiger partial charge in [-0.2, -0.15) is 0 Å². The van der Waals surface area contributed by atoms with Gasteiger partial charge >= 0.3 is 0 Å². The quantitative estimate of drug-likeness (QED) is 0.799. The molecule has 0 aliphatic heterocycles. The number of benzene rings is 1. The summed E-state index contributed by atoms with van der Waals surface area (Å²) in [5.41, 5.74) is 0.236. The van der Waals surface area contributed by atoms with Crippen molar-refractivity contribution in [1.82, 2.24) is 5.32 Å². The van der Waals surface area contributed by atoms with Crippen LogP contribution in [0.15, 0.2) is 12.1 Å². The highest BCUT2D eigenvalue weighted by atomic mass is 19.2. The molecule has 0 heterocycles. The minimum Gasteiger partial charge on any atom is -0.310 e. The van der Waals surface area contributed by atoms with E-state index in [4.69, 9.17) is 0 Å². The van der Waals surface area contributed by atoms with E-state index in [1.165, 1.54) is 0 Å². The minimum atomic E-state index is -1.13. The molecule has 2 rings (SSSR count). The van der Waals surface area contributed by atoms with Gasteiger partial charge in [-0.3, -0.25) is 0 Å². The van der Waals surface area contributed by atoms with E-state index in [9.17, 15) is 13.2 Å². The van der Waals surface area contributed by atoms with Gasteiger partial charge in [-0.15, -0.1) is 0 Å². The fraction of sp³-hybridized carbons (Fsp3) is 0.538. The third-order valence-corrected chi connectivity index (χ3v) is 3.40. The summed E-state index contributed by atoms with van der Waals surface area (Å²) in [6.07, 6.45) is 0.996. The lowest BCUT2D eigenvalue weighted by Gasteiger charge is -2.19. The Morgan fingerprint density at radius 3 is 2.35 bits per heavy atom. The number of hydrogen-bond donors (Lipinski definition) is 1. The Morgan fingerprint density at radius 1 is 1.24 bits per heavy atom. The first kappa shape index (κ1) is 12.4. The molecule has 94 valence electrons.